The fourth-order valence-corrected chi connectivity index (χ4v) is 4.65. The van der Waals surface area contributed by atoms with Gasteiger partial charge in [0.25, 0.3) is 0 Å². The summed E-state index contributed by atoms with van der Waals surface area (Å²) < 4.78 is 12.4. The third-order valence-electron chi connectivity index (χ3n) is 4.35. The van der Waals surface area contributed by atoms with Crippen molar-refractivity contribution in [3.8, 4) is 0 Å². The molecular weight excluding hydrogens is 242 g/mol. The first kappa shape index (κ1) is 16.2. The fourth-order valence-electron chi connectivity index (χ4n) is 2.89. The van der Waals surface area contributed by atoms with E-state index in [0.717, 1.165) is 25.0 Å². The third kappa shape index (κ3) is 4.65. The Morgan fingerprint density at radius 3 is 2.44 bits per heavy atom. The summed E-state index contributed by atoms with van der Waals surface area (Å²) >= 11 is 0. The van der Waals surface area contributed by atoms with Crippen LogP contribution in [0.5, 0.6) is 0 Å². The Balaban J connectivity index is 2.54. The van der Waals surface area contributed by atoms with Gasteiger partial charge in [-0.05, 0) is 37.0 Å². The van der Waals surface area contributed by atoms with E-state index in [1.807, 2.05) is 0 Å². The van der Waals surface area contributed by atoms with Crippen molar-refractivity contribution in [1.82, 2.24) is 0 Å². The molecule has 1 aliphatic carbocycles. The van der Waals surface area contributed by atoms with E-state index in [-0.39, 0.29) is 11.3 Å². The fraction of sp³-hybridized carbons (Fsp3) is 1.00. The van der Waals surface area contributed by atoms with Gasteiger partial charge in [0.2, 0.25) is 0 Å². The molecule has 108 valence electrons. The van der Waals surface area contributed by atoms with Crippen LogP contribution in [0.3, 0.4) is 0 Å². The zero-order valence-electron chi connectivity index (χ0n) is 12.6. The van der Waals surface area contributed by atoms with Gasteiger partial charge in [0.1, 0.15) is 0 Å². The van der Waals surface area contributed by atoms with Crippen LogP contribution in [0.4, 0.5) is 0 Å². The third-order valence-corrected chi connectivity index (χ3v) is 6.26. The normalized spacial score (nSPS) is 31.3. The van der Waals surface area contributed by atoms with Crippen LogP contribution < -0.4 is 5.73 Å². The minimum absolute atomic E-state index is 0.158. The van der Waals surface area contributed by atoms with Gasteiger partial charge in [-0.2, -0.15) is 0 Å². The second-order valence-corrected chi connectivity index (χ2v) is 8.65. The standard InChI is InChI=1S/C15H31NOS/c1-5-6-7-10-18(17)14-11-12(15(2,3)4)8-9-13(14)16/h12-14H,5-11,16H2,1-4H3. The van der Waals surface area contributed by atoms with Crippen LogP contribution in [-0.4, -0.2) is 21.3 Å². The zero-order valence-corrected chi connectivity index (χ0v) is 13.4. The smallest absolute Gasteiger partial charge is 0.0501 e. The Labute approximate surface area is 116 Å². The SMILES string of the molecule is CCCCCS(=O)C1CC(C(C)(C)C)CCC1N. The molecule has 0 amide bonds. The van der Waals surface area contributed by atoms with Crippen LogP contribution >= 0.6 is 0 Å². The molecule has 3 heteroatoms. The van der Waals surface area contributed by atoms with Crippen molar-refractivity contribution in [3.63, 3.8) is 0 Å². The first-order valence-corrected chi connectivity index (χ1v) is 8.87. The molecular formula is C15H31NOS. The second-order valence-electron chi connectivity index (χ2n) is 6.87. The van der Waals surface area contributed by atoms with E-state index < -0.39 is 10.8 Å². The zero-order chi connectivity index (χ0) is 13.8. The van der Waals surface area contributed by atoms with E-state index in [4.69, 9.17) is 5.73 Å². The number of hydrogen-bond donors (Lipinski definition) is 1. The molecule has 0 spiro atoms. The van der Waals surface area contributed by atoms with Gasteiger partial charge < -0.3 is 5.73 Å². The Hall–Kier alpha value is 0.110. The minimum atomic E-state index is -0.719. The van der Waals surface area contributed by atoms with Crippen molar-refractivity contribution in [2.75, 3.05) is 5.75 Å². The molecule has 0 radical (unpaired) electrons. The molecule has 0 aromatic heterocycles. The van der Waals surface area contributed by atoms with Crippen molar-refractivity contribution in [2.24, 2.45) is 17.1 Å². The Morgan fingerprint density at radius 2 is 1.89 bits per heavy atom. The van der Waals surface area contributed by atoms with Gasteiger partial charge in [-0.1, -0.05) is 40.5 Å². The maximum absolute atomic E-state index is 12.4. The Kier molecular flexibility index (Phi) is 6.32. The number of hydrogen-bond acceptors (Lipinski definition) is 2. The highest BCUT2D eigenvalue weighted by molar-refractivity contribution is 7.85. The molecule has 2 nitrogen and oxygen atoms in total. The average molecular weight is 273 g/mol. The highest BCUT2D eigenvalue weighted by Crippen LogP contribution is 2.39. The second kappa shape index (κ2) is 7.04. The Bertz CT molecular complexity index is 272. The molecule has 1 fully saturated rings. The minimum Gasteiger partial charge on any atom is -0.327 e. The summed E-state index contributed by atoms with van der Waals surface area (Å²) in [5.41, 5.74) is 6.52. The van der Waals surface area contributed by atoms with Crippen LogP contribution in [0, 0.1) is 11.3 Å². The lowest BCUT2D eigenvalue weighted by Crippen LogP contribution is -2.45. The van der Waals surface area contributed by atoms with Crippen LogP contribution in [0.2, 0.25) is 0 Å². The molecule has 18 heavy (non-hydrogen) atoms. The molecule has 0 saturated heterocycles. The van der Waals surface area contributed by atoms with E-state index in [1.165, 1.54) is 19.3 Å². The lowest BCUT2D eigenvalue weighted by molar-refractivity contribution is 0.173. The monoisotopic (exact) mass is 273 g/mol. The molecule has 1 rings (SSSR count). The molecule has 4 atom stereocenters. The molecule has 4 unspecified atom stereocenters. The maximum atomic E-state index is 12.4. The Morgan fingerprint density at radius 1 is 1.22 bits per heavy atom. The van der Waals surface area contributed by atoms with Gasteiger partial charge in [0.15, 0.2) is 0 Å². The van der Waals surface area contributed by atoms with Crippen LogP contribution in [0.1, 0.15) is 66.2 Å². The summed E-state index contributed by atoms with van der Waals surface area (Å²) in [5.74, 6) is 1.53. The van der Waals surface area contributed by atoms with Crippen LogP contribution in [0.25, 0.3) is 0 Å². The summed E-state index contributed by atoms with van der Waals surface area (Å²) in [6, 6.07) is 0.158. The van der Waals surface area contributed by atoms with Crippen molar-refractivity contribution in [2.45, 2.75) is 77.5 Å². The van der Waals surface area contributed by atoms with Gasteiger partial charge in [-0.25, -0.2) is 0 Å². The summed E-state index contributed by atoms with van der Waals surface area (Å²) in [5, 5.41) is 0.236. The summed E-state index contributed by atoms with van der Waals surface area (Å²) in [7, 11) is -0.719. The van der Waals surface area contributed by atoms with Gasteiger partial charge in [0, 0.05) is 22.6 Å². The molecule has 0 aliphatic heterocycles. The van der Waals surface area contributed by atoms with E-state index in [9.17, 15) is 4.21 Å². The highest BCUT2D eigenvalue weighted by atomic mass is 32.2. The first-order valence-electron chi connectivity index (χ1n) is 7.49. The van der Waals surface area contributed by atoms with E-state index in [0.29, 0.717) is 11.3 Å². The molecule has 0 bridgehead atoms. The van der Waals surface area contributed by atoms with E-state index >= 15 is 0 Å². The quantitative estimate of drug-likeness (QED) is 0.779. The van der Waals surface area contributed by atoms with E-state index in [1.54, 1.807) is 0 Å². The maximum Gasteiger partial charge on any atom is 0.0501 e. The van der Waals surface area contributed by atoms with Gasteiger partial charge in [-0.3, -0.25) is 4.21 Å². The van der Waals surface area contributed by atoms with Crippen molar-refractivity contribution >= 4 is 10.8 Å². The molecule has 0 aromatic carbocycles. The summed E-state index contributed by atoms with van der Waals surface area (Å²) in [6.45, 7) is 9.08. The van der Waals surface area contributed by atoms with Crippen molar-refractivity contribution in [3.05, 3.63) is 0 Å². The lowest BCUT2D eigenvalue weighted by Gasteiger charge is -2.40. The van der Waals surface area contributed by atoms with E-state index in [2.05, 4.69) is 27.7 Å². The molecule has 0 aromatic rings. The highest BCUT2D eigenvalue weighted by Gasteiger charge is 2.36. The van der Waals surface area contributed by atoms with Gasteiger partial charge in [0.05, 0.1) is 5.25 Å². The average Bonchev–Trinajstić information content (AvgIpc) is 2.28. The van der Waals surface area contributed by atoms with Crippen molar-refractivity contribution < 1.29 is 4.21 Å². The molecule has 1 aliphatic rings. The summed E-state index contributed by atoms with van der Waals surface area (Å²) in [4.78, 5) is 0. The van der Waals surface area contributed by atoms with Crippen LogP contribution in [0.15, 0.2) is 0 Å². The largest absolute Gasteiger partial charge is 0.327 e. The molecule has 0 heterocycles. The topological polar surface area (TPSA) is 43.1 Å². The number of unbranched alkanes of at least 4 members (excludes halogenated alkanes) is 2. The predicted molar refractivity (Wildman–Crippen MR) is 81.1 cm³/mol. The van der Waals surface area contributed by atoms with Crippen molar-refractivity contribution in [1.29, 1.82) is 0 Å². The van der Waals surface area contributed by atoms with Crippen LogP contribution in [-0.2, 0) is 10.8 Å². The number of nitrogens with two attached hydrogens (primary N) is 1. The first-order chi connectivity index (χ1) is 8.36. The lowest BCUT2D eigenvalue weighted by atomic mass is 9.71. The number of rotatable bonds is 5. The predicted octanol–water partition coefficient (Wildman–Crippen LogP) is 3.47. The molecule has 1 saturated carbocycles. The summed E-state index contributed by atoms with van der Waals surface area (Å²) in [6.07, 6.45) is 6.78. The van der Waals surface area contributed by atoms with Gasteiger partial charge in [-0.15, -0.1) is 0 Å². The molecule has 2 N–H and O–H groups in total. The van der Waals surface area contributed by atoms with Gasteiger partial charge >= 0.3 is 0 Å².